The zero-order valence-electron chi connectivity index (χ0n) is 15.4. The first-order chi connectivity index (χ1) is 13.1. The Hall–Kier alpha value is -2.92. The molecule has 0 aliphatic carbocycles. The third-order valence-corrected chi connectivity index (χ3v) is 6.14. The number of aryl methyl sites for hydroxylation is 2. The third kappa shape index (κ3) is 2.09. The summed E-state index contributed by atoms with van der Waals surface area (Å²) < 4.78 is 5.93. The summed E-state index contributed by atoms with van der Waals surface area (Å²) in [4.78, 5) is 14.7. The summed E-state index contributed by atoms with van der Waals surface area (Å²) in [5, 5.41) is 2.95. The molecule has 0 spiro atoms. The van der Waals surface area contributed by atoms with Crippen molar-refractivity contribution in [2.75, 3.05) is 6.26 Å². The van der Waals surface area contributed by atoms with Gasteiger partial charge in [-0.15, -0.1) is 11.8 Å². The zero-order chi connectivity index (χ0) is 18.7. The van der Waals surface area contributed by atoms with E-state index in [-0.39, 0.29) is 5.56 Å². The highest BCUT2D eigenvalue weighted by molar-refractivity contribution is 7.98. The van der Waals surface area contributed by atoms with Crippen LogP contribution in [0.5, 0.6) is 0 Å². The van der Waals surface area contributed by atoms with E-state index in [1.807, 2.05) is 54.2 Å². The van der Waals surface area contributed by atoms with E-state index >= 15 is 0 Å². The number of aromatic nitrogens is 3. The highest BCUT2D eigenvalue weighted by Gasteiger charge is 2.21. The third-order valence-electron chi connectivity index (χ3n) is 5.39. The molecule has 0 amide bonds. The van der Waals surface area contributed by atoms with Gasteiger partial charge in [0, 0.05) is 35.3 Å². The molecule has 2 aromatic heterocycles. The monoisotopic (exact) mass is 373 g/mol. The highest BCUT2D eigenvalue weighted by Crippen LogP contribution is 2.38. The van der Waals surface area contributed by atoms with Crippen LogP contribution in [-0.4, -0.2) is 20.2 Å². The van der Waals surface area contributed by atoms with Gasteiger partial charge in [-0.05, 0) is 30.5 Å². The quantitative estimate of drug-likeness (QED) is 0.420. The van der Waals surface area contributed by atoms with Crippen molar-refractivity contribution in [1.82, 2.24) is 13.9 Å². The minimum atomic E-state index is 0.0210. The molecule has 5 rings (SSSR count). The second-order valence-electron chi connectivity index (χ2n) is 6.75. The molecule has 0 saturated carbocycles. The summed E-state index contributed by atoms with van der Waals surface area (Å²) in [6, 6.07) is 20.3. The standard InChI is InChI=1S/C22H19N3OS/c1-23-16-12-8-7-11-15(16)19-20-17(13-18(27-3)21(19)23)24(2)25(22(20)26)14-9-5-4-6-10-14/h4-13H,1-3H3. The van der Waals surface area contributed by atoms with Crippen molar-refractivity contribution in [3.05, 3.63) is 71.0 Å². The molecule has 0 saturated heterocycles. The van der Waals surface area contributed by atoms with E-state index in [0.29, 0.717) is 0 Å². The number of nitrogens with zero attached hydrogens (tertiary/aromatic N) is 3. The highest BCUT2D eigenvalue weighted by atomic mass is 32.2. The van der Waals surface area contributed by atoms with Crippen molar-refractivity contribution >= 4 is 44.5 Å². The number of rotatable bonds is 2. The van der Waals surface area contributed by atoms with E-state index in [2.05, 4.69) is 36.1 Å². The molecule has 0 N–H and O–H groups in total. The molecule has 5 aromatic rings. The number of hydrogen-bond donors (Lipinski definition) is 0. The van der Waals surface area contributed by atoms with Gasteiger partial charge in [-0.3, -0.25) is 9.48 Å². The van der Waals surface area contributed by atoms with Gasteiger partial charge in [0.2, 0.25) is 0 Å². The van der Waals surface area contributed by atoms with Crippen LogP contribution in [0.2, 0.25) is 0 Å². The van der Waals surface area contributed by atoms with Gasteiger partial charge in [0.05, 0.1) is 22.1 Å². The van der Waals surface area contributed by atoms with Crippen LogP contribution in [0.1, 0.15) is 0 Å². The molecule has 134 valence electrons. The van der Waals surface area contributed by atoms with Crippen LogP contribution in [0.15, 0.2) is 70.4 Å². The lowest BCUT2D eigenvalue weighted by molar-refractivity contribution is 0.666. The van der Waals surface area contributed by atoms with Crippen molar-refractivity contribution in [1.29, 1.82) is 0 Å². The lowest BCUT2D eigenvalue weighted by Gasteiger charge is -2.08. The minimum absolute atomic E-state index is 0.0210. The number of hydrogen-bond acceptors (Lipinski definition) is 2. The topological polar surface area (TPSA) is 31.9 Å². The Morgan fingerprint density at radius 3 is 2.30 bits per heavy atom. The van der Waals surface area contributed by atoms with Crippen molar-refractivity contribution in [2.45, 2.75) is 4.90 Å². The van der Waals surface area contributed by atoms with E-state index in [9.17, 15) is 4.79 Å². The fourth-order valence-electron chi connectivity index (χ4n) is 4.16. The number of fused-ring (bicyclic) bond motifs is 5. The van der Waals surface area contributed by atoms with Crippen molar-refractivity contribution in [3.63, 3.8) is 0 Å². The largest absolute Gasteiger partial charge is 0.343 e. The molecular formula is C22H19N3OS. The second kappa shape index (κ2) is 5.79. The summed E-state index contributed by atoms with van der Waals surface area (Å²) in [6.45, 7) is 0. The molecule has 0 bridgehead atoms. The molecule has 27 heavy (non-hydrogen) atoms. The Morgan fingerprint density at radius 1 is 0.852 bits per heavy atom. The molecule has 2 heterocycles. The number of thioether (sulfide) groups is 1. The number of benzene rings is 3. The lowest BCUT2D eigenvalue weighted by atomic mass is 10.1. The van der Waals surface area contributed by atoms with Gasteiger partial charge in [0.15, 0.2) is 0 Å². The first-order valence-corrected chi connectivity index (χ1v) is 10.1. The molecule has 3 aromatic carbocycles. The van der Waals surface area contributed by atoms with Gasteiger partial charge < -0.3 is 4.57 Å². The molecule has 4 nitrogen and oxygen atoms in total. The average molecular weight is 373 g/mol. The van der Waals surface area contributed by atoms with Gasteiger partial charge in [-0.25, -0.2) is 4.68 Å². The maximum Gasteiger partial charge on any atom is 0.280 e. The first kappa shape index (κ1) is 16.3. The summed E-state index contributed by atoms with van der Waals surface area (Å²) in [7, 11) is 4.03. The van der Waals surface area contributed by atoms with Gasteiger partial charge >= 0.3 is 0 Å². The molecule has 0 unspecified atom stereocenters. The molecule has 0 aliphatic rings. The molecule has 0 atom stereocenters. The van der Waals surface area contributed by atoms with Crippen LogP contribution in [0.25, 0.3) is 38.4 Å². The maximum absolute atomic E-state index is 13.5. The van der Waals surface area contributed by atoms with Crippen LogP contribution in [0.3, 0.4) is 0 Å². The second-order valence-corrected chi connectivity index (χ2v) is 7.60. The van der Waals surface area contributed by atoms with Crippen molar-refractivity contribution in [3.8, 4) is 5.69 Å². The van der Waals surface area contributed by atoms with Crippen LogP contribution in [0, 0.1) is 0 Å². The van der Waals surface area contributed by atoms with Gasteiger partial charge in [0.25, 0.3) is 5.56 Å². The summed E-state index contributed by atoms with van der Waals surface area (Å²) in [6.07, 6.45) is 2.09. The van der Waals surface area contributed by atoms with Crippen LogP contribution >= 0.6 is 11.8 Å². The van der Waals surface area contributed by atoms with E-state index in [0.717, 1.165) is 38.4 Å². The van der Waals surface area contributed by atoms with Crippen LogP contribution in [-0.2, 0) is 14.1 Å². The van der Waals surface area contributed by atoms with Crippen molar-refractivity contribution < 1.29 is 0 Å². The molecular weight excluding hydrogens is 354 g/mol. The first-order valence-electron chi connectivity index (χ1n) is 8.84. The summed E-state index contributed by atoms with van der Waals surface area (Å²) in [5.41, 5.74) is 4.12. The Balaban J connectivity index is 2.08. The average Bonchev–Trinajstić information content (AvgIpc) is 3.14. The smallest absolute Gasteiger partial charge is 0.280 e. The fraction of sp³-hybridized carbons (Fsp3) is 0.136. The van der Waals surface area contributed by atoms with Gasteiger partial charge in [-0.1, -0.05) is 36.4 Å². The van der Waals surface area contributed by atoms with Crippen LogP contribution < -0.4 is 5.56 Å². The lowest BCUT2D eigenvalue weighted by Crippen LogP contribution is -2.19. The van der Waals surface area contributed by atoms with E-state index in [4.69, 9.17) is 0 Å². The molecule has 0 radical (unpaired) electrons. The SMILES string of the molecule is CSc1cc2c(c(=O)n(-c3ccccc3)n2C)c2c3ccccc3n(C)c12. The van der Waals surface area contributed by atoms with E-state index in [1.165, 1.54) is 4.90 Å². The van der Waals surface area contributed by atoms with E-state index < -0.39 is 0 Å². The Bertz CT molecular complexity index is 1390. The van der Waals surface area contributed by atoms with Crippen molar-refractivity contribution in [2.24, 2.45) is 14.1 Å². The van der Waals surface area contributed by atoms with E-state index in [1.54, 1.807) is 16.4 Å². The molecule has 0 fully saturated rings. The maximum atomic E-state index is 13.5. The minimum Gasteiger partial charge on any atom is -0.343 e. The van der Waals surface area contributed by atoms with Gasteiger partial charge in [0.1, 0.15) is 0 Å². The Kier molecular flexibility index (Phi) is 3.49. The molecule has 5 heteroatoms. The summed E-state index contributed by atoms with van der Waals surface area (Å²) in [5.74, 6) is 0. The Labute approximate surface area is 160 Å². The summed E-state index contributed by atoms with van der Waals surface area (Å²) >= 11 is 1.72. The van der Waals surface area contributed by atoms with Gasteiger partial charge in [-0.2, -0.15) is 0 Å². The zero-order valence-corrected chi connectivity index (χ0v) is 16.2. The molecule has 0 aliphatic heterocycles. The normalized spacial score (nSPS) is 11.8. The van der Waals surface area contributed by atoms with Crippen LogP contribution in [0.4, 0.5) is 0 Å². The predicted octanol–water partition coefficient (Wildman–Crippen LogP) is 4.70. The fourth-order valence-corrected chi connectivity index (χ4v) is 4.83. The predicted molar refractivity (Wildman–Crippen MR) is 114 cm³/mol. The Morgan fingerprint density at radius 2 is 1.56 bits per heavy atom. The number of para-hydroxylation sites is 2.